The van der Waals surface area contributed by atoms with Crippen LogP contribution in [0.1, 0.15) is 35.3 Å². The van der Waals surface area contributed by atoms with E-state index in [1.54, 1.807) is 13.0 Å². The quantitative estimate of drug-likeness (QED) is 0.735. The minimum absolute atomic E-state index is 0.0414. The Bertz CT molecular complexity index is 620. The van der Waals surface area contributed by atoms with E-state index in [-0.39, 0.29) is 5.78 Å². The van der Waals surface area contributed by atoms with Gasteiger partial charge in [0.25, 0.3) is 0 Å². The first-order valence-electron chi connectivity index (χ1n) is 6.62. The van der Waals surface area contributed by atoms with Gasteiger partial charge in [0.1, 0.15) is 12.4 Å². The molecular formula is C17H17BrO2. The highest BCUT2D eigenvalue weighted by Gasteiger charge is 2.07. The fourth-order valence-electron chi connectivity index (χ4n) is 2.08. The molecule has 2 rings (SSSR count). The van der Waals surface area contributed by atoms with E-state index in [1.165, 1.54) is 11.1 Å². The van der Waals surface area contributed by atoms with Crippen molar-refractivity contribution < 1.29 is 9.53 Å². The SMILES string of the molecule is CCc1ccccc1COc1ccc(C(C)=O)c(Br)c1. The molecule has 0 aromatic heterocycles. The zero-order valence-corrected chi connectivity index (χ0v) is 13.2. The Morgan fingerprint density at radius 3 is 2.45 bits per heavy atom. The molecule has 0 aliphatic heterocycles. The third kappa shape index (κ3) is 3.48. The number of Topliss-reactive ketones (excluding diaryl/α,β-unsaturated/α-hetero) is 1. The molecule has 2 nitrogen and oxygen atoms in total. The molecule has 0 bridgehead atoms. The third-order valence-electron chi connectivity index (χ3n) is 3.21. The van der Waals surface area contributed by atoms with E-state index in [0.717, 1.165) is 16.6 Å². The average Bonchev–Trinajstić information content (AvgIpc) is 2.45. The van der Waals surface area contributed by atoms with E-state index in [4.69, 9.17) is 4.74 Å². The van der Waals surface area contributed by atoms with Crippen LogP contribution in [0.4, 0.5) is 0 Å². The fraction of sp³-hybridized carbons (Fsp3) is 0.235. The van der Waals surface area contributed by atoms with Gasteiger partial charge in [0, 0.05) is 10.0 Å². The second-order valence-corrected chi connectivity index (χ2v) is 5.46. The summed E-state index contributed by atoms with van der Waals surface area (Å²) in [5.74, 6) is 0.799. The van der Waals surface area contributed by atoms with E-state index in [2.05, 4.69) is 35.0 Å². The van der Waals surface area contributed by atoms with Gasteiger partial charge < -0.3 is 4.74 Å². The summed E-state index contributed by atoms with van der Waals surface area (Å²) in [6, 6.07) is 13.7. The summed E-state index contributed by atoms with van der Waals surface area (Å²) in [6.45, 7) is 4.23. The number of hydrogen-bond acceptors (Lipinski definition) is 2. The molecule has 104 valence electrons. The molecule has 0 heterocycles. The second kappa shape index (κ2) is 6.71. The van der Waals surface area contributed by atoms with Gasteiger partial charge in [0.15, 0.2) is 5.78 Å². The van der Waals surface area contributed by atoms with E-state index in [0.29, 0.717) is 12.2 Å². The molecule has 2 aromatic rings. The third-order valence-corrected chi connectivity index (χ3v) is 3.87. The summed E-state index contributed by atoms with van der Waals surface area (Å²) < 4.78 is 6.58. The first kappa shape index (κ1) is 14.8. The highest BCUT2D eigenvalue weighted by molar-refractivity contribution is 9.10. The van der Waals surface area contributed by atoms with Crippen molar-refractivity contribution in [3.8, 4) is 5.75 Å². The highest BCUT2D eigenvalue weighted by atomic mass is 79.9. The van der Waals surface area contributed by atoms with Crippen molar-refractivity contribution in [2.24, 2.45) is 0 Å². The van der Waals surface area contributed by atoms with E-state index in [1.807, 2.05) is 24.3 Å². The molecule has 0 aliphatic rings. The van der Waals surface area contributed by atoms with Gasteiger partial charge in [-0.3, -0.25) is 4.79 Å². The van der Waals surface area contributed by atoms with E-state index < -0.39 is 0 Å². The van der Waals surface area contributed by atoms with Crippen LogP contribution in [0.15, 0.2) is 46.9 Å². The Labute approximate surface area is 127 Å². The minimum Gasteiger partial charge on any atom is -0.489 e. The summed E-state index contributed by atoms with van der Waals surface area (Å²) >= 11 is 3.40. The summed E-state index contributed by atoms with van der Waals surface area (Å²) in [5.41, 5.74) is 3.17. The van der Waals surface area contributed by atoms with Crippen molar-refractivity contribution >= 4 is 21.7 Å². The number of carbonyl (C=O) groups is 1. The highest BCUT2D eigenvalue weighted by Crippen LogP contribution is 2.24. The van der Waals surface area contributed by atoms with Crippen molar-refractivity contribution in [3.05, 3.63) is 63.6 Å². The number of aryl methyl sites for hydroxylation is 1. The molecule has 0 spiro atoms. The molecule has 0 fully saturated rings. The first-order valence-corrected chi connectivity index (χ1v) is 7.41. The predicted octanol–water partition coefficient (Wildman–Crippen LogP) is 4.79. The number of hydrogen-bond donors (Lipinski definition) is 0. The van der Waals surface area contributed by atoms with Crippen LogP contribution in [0.2, 0.25) is 0 Å². The molecule has 0 saturated heterocycles. The van der Waals surface area contributed by atoms with Crippen LogP contribution in [0.5, 0.6) is 5.75 Å². The molecule has 20 heavy (non-hydrogen) atoms. The van der Waals surface area contributed by atoms with Crippen molar-refractivity contribution in [3.63, 3.8) is 0 Å². The van der Waals surface area contributed by atoms with Gasteiger partial charge in [-0.1, -0.05) is 31.2 Å². The number of rotatable bonds is 5. The van der Waals surface area contributed by atoms with Crippen molar-refractivity contribution in [2.45, 2.75) is 26.9 Å². The number of halogens is 1. The minimum atomic E-state index is 0.0414. The van der Waals surface area contributed by atoms with Crippen LogP contribution in [-0.2, 0) is 13.0 Å². The monoisotopic (exact) mass is 332 g/mol. The Morgan fingerprint density at radius 1 is 1.15 bits per heavy atom. The maximum Gasteiger partial charge on any atom is 0.160 e. The Kier molecular flexibility index (Phi) is 4.96. The van der Waals surface area contributed by atoms with Gasteiger partial charge in [0.2, 0.25) is 0 Å². The van der Waals surface area contributed by atoms with Crippen molar-refractivity contribution in [2.75, 3.05) is 0 Å². The van der Waals surface area contributed by atoms with Crippen LogP contribution in [0.25, 0.3) is 0 Å². The standard InChI is InChI=1S/C17H17BrO2/c1-3-13-6-4-5-7-14(13)11-20-15-8-9-16(12(2)19)17(18)10-15/h4-10H,3,11H2,1-2H3. The lowest BCUT2D eigenvalue weighted by Crippen LogP contribution is -2.00. The topological polar surface area (TPSA) is 26.3 Å². The van der Waals surface area contributed by atoms with Crippen LogP contribution >= 0.6 is 15.9 Å². The van der Waals surface area contributed by atoms with Crippen LogP contribution in [0, 0.1) is 0 Å². The average molecular weight is 333 g/mol. The molecule has 3 heteroatoms. The lowest BCUT2D eigenvalue weighted by Gasteiger charge is -2.11. The Hall–Kier alpha value is -1.61. The molecule has 2 aromatic carbocycles. The van der Waals surface area contributed by atoms with Crippen LogP contribution < -0.4 is 4.74 Å². The summed E-state index contributed by atoms with van der Waals surface area (Å²) in [6.07, 6.45) is 0.993. The predicted molar refractivity (Wildman–Crippen MR) is 84.3 cm³/mol. The maximum atomic E-state index is 11.4. The zero-order chi connectivity index (χ0) is 14.5. The number of ether oxygens (including phenoxy) is 1. The lowest BCUT2D eigenvalue weighted by molar-refractivity contribution is 0.101. The largest absolute Gasteiger partial charge is 0.489 e. The van der Waals surface area contributed by atoms with Gasteiger partial charge in [-0.2, -0.15) is 0 Å². The van der Waals surface area contributed by atoms with Crippen molar-refractivity contribution in [1.29, 1.82) is 0 Å². The van der Waals surface area contributed by atoms with E-state index >= 15 is 0 Å². The zero-order valence-electron chi connectivity index (χ0n) is 11.7. The van der Waals surface area contributed by atoms with Crippen LogP contribution in [-0.4, -0.2) is 5.78 Å². The number of ketones is 1. The molecule has 0 saturated carbocycles. The Balaban J connectivity index is 2.11. The Morgan fingerprint density at radius 2 is 1.85 bits per heavy atom. The van der Waals surface area contributed by atoms with Crippen molar-refractivity contribution in [1.82, 2.24) is 0 Å². The molecule has 0 amide bonds. The normalized spacial score (nSPS) is 10.3. The molecule has 0 aliphatic carbocycles. The van der Waals surface area contributed by atoms with Gasteiger partial charge in [0.05, 0.1) is 0 Å². The number of benzene rings is 2. The van der Waals surface area contributed by atoms with Gasteiger partial charge >= 0.3 is 0 Å². The molecule has 0 radical (unpaired) electrons. The lowest BCUT2D eigenvalue weighted by atomic mass is 10.1. The molecule has 0 N–H and O–H groups in total. The second-order valence-electron chi connectivity index (χ2n) is 4.61. The molecule has 0 unspecified atom stereocenters. The summed E-state index contributed by atoms with van der Waals surface area (Å²) in [4.78, 5) is 11.4. The maximum absolute atomic E-state index is 11.4. The summed E-state index contributed by atoms with van der Waals surface area (Å²) in [5, 5.41) is 0. The van der Waals surface area contributed by atoms with E-state index in [9.17, 15) is 4.79 Å². The van der Waals surface area contributed by atoms with Gasteiger partial charge in [-0.25, -0.2) is 0 Å². The number of carbonyl (C=O) groups excluding carboxylic acids is 1. The fourth-order valence-corrected chi connectivity index (χ4v) is 2.71. The first-order chi connectivity index (χ1) is 9.61. The summed E-state index contributed by atoms with van der Waals surface area (Å²) in [7, 11) is 0. The molecule has 0 atom stereocenters. The van der Waals surface area contributed by atoms with Gasteiger partial charge in [-0.05, 0) is 58.6 Å². The smallest absolute Gasteiger partial charge is 0.160 e. The molecular weight excluding hydrogens is 316 g/mol. The van der Waals surface area contributed by atoms with Crippen LogP contribution in [0.3, 0.4) is 0 Å². The van der Waals surface area contributed by atoms with Gasteiger partial charge in [-0.15, -0.1) is 0 Å².